The Hall–Kier alpha value is -3.21. The minimum absolute atomic E-state index is 0.0423. The molecule has 0 aliphatic rings. The van der Waals surface area contributed by atoms with Crippen molar-refractivity contribution >= 4 is 21.9 Å². The Kier molecular flexibility index (Phi) is 3.78. The predicted molar refractivity (Wildman–Crippen MR) is 85.8 cm³/mol. The van der Waals surface area contributed by atoms with Gasteiger partial charge in [-0.05, 0) is 24.3 Å². The molecule has 0 radical (unpaired) electrons. The summed E-state index contributed by atoms with van der Waals surface area (Å²) in [7, 11) is 0. The van der Waals surface area contributed by atoms with Crippen LogP contribution in [0.25, 0.3) is 21.9 Å². The van der Waals surface area contributed by atoms with Gasteiger partial charge in [0, 0.05) is 30.0 Å². The van der Waals surface area contributed by atoms with Gasteiger partial charge in [0.05, 0.1) is 5.52 Å². The number of aromatic amines is 1. The summed E-state index contributed by atoms with van der Waals surface area (Å²) in [4.78, 5) is 22.0. The van der Waals surface area contributed by atoms with Crippen LogP contribution >= 0.6 is 0 Å². The van der Waals surface area contributed by atoms with Crippen molar-refractivity contribution in [2.75, 3.05) is 0 Å². The number of hydrogen-bond acceptors (Lipinski definition) is 4. The highest BCUT2D eigenvalue weighted by molar-refractivity contribution is 5.83. The molecule has 2 N–H and O–H groups in total. The highest BCUT2D eigenvalue weighted by Gasteiger charge is 1.96. The van der Waals surface area contributed by atoms with Crippen molar-refractivity contribution < 1.29 is 5.11 Å². The van der Waals surface area contributed by atoms with Crippen molar-refractivity contribution in [2.45, 2.75) is 0 Å². The number of phenolic OH excluding ortho intramolecular Hbond substituents is 1. The van der Waals surface area contributed by atoms with Crippen molar-refractivity contribution in [1.82, 2.24) is 15.0 Å². The van der Waals surface area contributed by atoms with E-state index in [-0.39, 0.29) is 11.2 Å². The van der Waals surface area contributed by atoms with Crippen molar-refractivity contribution in [1.29, 1.82) is 0 Å². The second-order valence-electron chi connectivity index (χ2n) is 4.59. The smallest absolute Gasteiger partial charge is 0.207 e. The van der Waals surface area contributed by atoms with Crippen LogP contribution < -0.4 is 5.43 Å². The molecule has 5 nitrogen and oxygen atoms in total. The third-order valence-corrected chi connectivity index (χ3v) is 3.13. The van der Waals surface area contributed by atoms with E-state index in [4.69, 9.17) is 0 Å². The van der Waals surface area contributed by atoms with Gasteiger partial charge in [-0.1, -0.05) is 18.2 Å². The molecule has 22 heavy (non-hydrogen) atoms. The molecule has 1 aromatic carbocycles. The first-order chi connectivity index (χ1) is 10.8. The number of hydrogen-bond donors (Lipinski definition) is 2. The van der Waals surface area contributed by atoms with Crippen LogP contribution in [0.2, 0.25) is 0 Å². The van der Waals surface area contributed by atoms with E-state index >= 15 is 0 Å². The van der Waals surface area contributed by atoms with Crippen LogP contribution in [-0.2, 0) is 0 Å². The zero-order valence-electron chi connectivity index (χ0n) is 11.6. The molecule has 0 saturated carbocycles. The Morgan fingerprint density at radius 2 is 1.59 bits per heavy atom. The molecule has 0 spiro atoms. The van der Waals surface area contributed by atoms with E-state index in [9.17, 15) is 9.90 Å². The number of fused-ring (bicyclic) bond motifs is 2. The van der Waals surface area contributed by atoms with Gasteiger partial charge in [-0.25, -0.2) is 0 Å². The monoisotopic (exact) mass is 291 g/mol. The fraction of sp³-hybridized carbons (Fsp3) is 0. The first-order valence-corrected chi connectivity index (χ1v) is 6.71. The summed E-state index contributed by atoms with van der Waals surface area (Å²) in [5.41, 5.74) is 1.89. The van der Waals surface area contributed by atoms with E-state index < -0.39 is 0 Å². The van der Waals surface area contributed by atoms with E-state index in [1.165, 1.54) is 6.07 Å². The molecule has 0 saturated heterocycles. The van der Waals surface area contributed by atoms with Gasteiger partial charge in [-0.15, -0.1) is 0 Å². The number of pyridine rings is 3. The molecule has 0 bridgehead atoms. The molecule has 3 aromatic heterocycles. The van der Waals surface area contributed by atoms with Gasteiger partial charge < -0.3 is 10.1 Å². The minimum atomic E-state index is -0.0423. The summed E-state index contributed by atoms with van der Waals surface area (Å²) in [6, 6.07) is 14.2. The normalized spacial score (nSPS) is 10.2. The standard InChI is InChI=1S/C9H7NO.C8H6N2O/c11-8-5-1-3-7-4-2-6-10-9(7)8;11-7-3-5-9-6-2-1-4-10-8(6)7/h1-6,11H;1-5H,(H,9,11). The average Bonchev–Trinajstić information content (AvgIpc) is 2.57. The largest absolute Gasteiger partial charge is 0.506 e. The van der Waals surface area contributed by atoms with Gasteiger partial charge in [0.1, 0.15) is 16.8 Å². The number of aromatic nitrogens is 3. The molecule has 0 unspecified atom stereocenters. The van der Waals surface area contributed by atoms with Crippen LogP contribution in [0.3, 0.4) is 0 Å². The van der Waals surface area contributed by atoms with Gasteiger partial charge in [0.15, 0.2) is 0 Å². The first kappa shape index (κ1) is 13.8. The summed E-state index contributed by atoms with van der Waals surface area (Å²) in [6.45, 7) is 0. The molecular formula is C17H13N3O2. The Bertz CT molecular complexity index is 969. The average molecular weight is 291 g/mol. The van der Waals surface area contributed by atoms with Crippen LogP contribution in [0.4, 0.5) is 0 Å². The number of para-hydroxylation sites is 1. The molecule has 4 aromatic rings. The number of benzene rings is 1. The van der Waals surface area contributed by atoms with Crippen LogP contribution in [0.1, 0.15) is 0 Å². The zero-order chi connectivity index (χ0) is 15.4. The quantitative estimate of drug-likeness (QED) is 0.522. The topological polar surface area (TPSA) is 78.9 Å². The molecule has 0 amide bonds. The van der Waals surface area contributed by atoms with Gasteiger partial charge in [-0.3, -0.25) is 14.8 Å². The highest BCUT2D eigenvalue weighted by atomic mass is 16.3. The van der Waals surface area contributed by atoms with Crippen molar-refractivity contribution in [3.63, 3.8) is 0 Å². The molecule has 5 heteroatoms. The summed E-state index contributed by atoms with van der Waals surface area (Å²) in [5, 5.41) is 10.3. The maximum absolute atomic E-state index is 11.1. The Labute approximate surface area is 125 Å². The summed E-state index contributed by atoms with van der Waals surface area (Å²) < 4.78 is 0. The van der Waals surface area contributed by atoms with Gasteiger partial charge in [0.2, 0.25) is 5.43 Å². The number of nitrogens with zero attached hydrogens (tertiary/aromatic N) is 2. The van der Waals surface area contributed by atoms with Crippen LogP contribution in [0.5, 0.6) is 5.75 Å². The number of nitrogens with one attached hydrogen (secondary N) is 1. The first-order valence-electron chi connectivity index (χ1n) is 6.71. The van der Waals surface area contributed by atoms with Gasteiger partial charge >= 0.3 is 0 Å². The number of aromatic hydroxyl groups is 1. The Morgan fingerprint density at radius 1 is 0.864 bits per heavy atom. The number of rotatable bonds is 0. The maximum atomic E-state index is 11.1. The Morgan fingerprint density at radius 3 is 2.36 bits per heavy atom. The summed E-state index contributed by atoms with van der Waals surface area (Å²) in [6.07, 6.45) is 4.89. The van der Waals surface area contributed by atoms with Crippen LogP contribution in [-0.4, -0.2) is 20.1 Å². The van der Waals surface area contributed by atoms with Crippen molar-refractivity contribution in [3.8, 4) is 5.75 Å². The minimum Gasteiger partial charge on any atom is -0.506 e. The second kappa shape index (κ2) is 6.05. The highest BCUT2D eigenvalue weighted by Crippen LogP contribution is 2.20. The lowest BCUT2D eigenvalue weighted by Gasteiger charge is -1.96. The molecular weight excluding hydrogens is 278 g/mol. The third-order valence-electron chi connectivity index (χ3n) is 3.13. The number of phenols is 1. The van der Waals surface area contributed by atoms with E-state index in [1.54, 1.807) is 36.8 Å². The van der Waals surface area contributed by atoms with E-state index in [0.717, 1.165) is 10.9 Å². The van der Waals surface area contributed by atoms with E-state index in [2.05, 4.69) is 15.0 Å². The SMILES string of the molecule is O=c1cc[nH]c2cccnc12.Oc1cccc2cccnc12. The molecule has 0 atom stereocenters. The molecule has 4 rings (SSSR count). The summed E-state index contributed by atoms with van der Waals surface area (Å²) >= 11 is 0. The Balaban J connectivity index is 0.000000131. The lowest BCUT2D eigenvalue weighted by Crippen LogP contribution is -2.01. The lowest BCUT2D eigenvalue weighted by atomic mass is 10.2. The predicted octanol–water partition coefficient (Wildman–Crippen LogP) is 2.86. The van der Waals surface area contributed by atoms with Crippen molar-refractivity contribution in [2.24, 2.45) is 0 Å². The molecule has 3 heterocycles. The van der Waals surface area contributed by atoms with Crippen LogP contribution in [0.15, 0.2) is 71.9 Å². The van der Waals surface area contributed by atoms with Gasteiger partial charge in [-0.2, -0.15) is 0 Å². The molecule has 108 valence electrons. The molecule has 0 aliphatic carbocycles. The van der Waals surface area contributed by atoms with E-state index in [1.807, 2.05) is 24.3 Å². The summed E-state index contributed by atoms with van der Waals surface area (Å²) in [5.74, 6) is 0.239. The fourth-order valence-corrected chi connectivity index (χ4v) is 2.09. The van der Waals surface area contributed by atoms with Crippen LogP contribution in [0, 0.1) is 0 Å². The molecule has 0 aliphatic heterocycles. The maximum Gasteiger partial charge on any atom is 0.207 e. The zero-order valence-corrected chi connectivity index (χ0v) is 11.6. The van der Waals surface area contributed by atoms with Gasteiger partial charge in [0.25, 0.3) is 0 Å². The third kappa shape index (κ3) is 2.78. The second-order valence-corrected chi connectivity index (χ2v) is 4.59. The lowest BCUT2D eigenvalue weighted by molar-refractivity contribution is 0.480. The van der Waals surface area contributed by atoms with Crippen molar-refractivity contribution in [3.05, 3.63) is 77.3 Å². The number of H-pyrrole nitrogens is 1. The van der Waals surface area contributed by atoms with E-state index in [0.29, 0.717) is 11.0 Å². The molecule has 0 fully saturated rings. The fourth-order valence-electron chi connectivity index (χ4n) is 2.09.